The number of aromatic nitrogens is 4. The molecular formula is C52H36N4. The Morgan fingerprint density at radius 2 is 0.929 bits per heavy atom. The normalized spacial score (nSPS) is 13.0. The minimum absolute atomic E-state index is 0.192. The maximum absolute atomic E-state index is 5.36. The van der Waals surface area contributed by atoms with Crippen molar-refractivity contribution in [2.24, 2.45) is 0 Å². The second kappa shape index (κ2) is 12.4. The molecule has 0 saturated carbocycles. The zero-order valence-corrected chi connectivity index (χ0v) is 31.1. The Hall–Kier alpha value is -7.17. The summed E-state index contributed by atoms with van der Waals surface area (Å²) in [6, 6.07) is 64.8. The Morgan fingerprint density at radius 1 is 0.411 bits per heavy atom. The number of hydrogen-bond acceptors (Lipinski definition) is 3. The lowest BCUT2D eigenvalue weighted by Crippen LogP contribution is -2.16. The first-order valence-corrected chi connectivity index (χ1v) is 19.2. The summed E-state index contributed by atoms with van der Waals surface area (Å²) in [4.78, 5) is 15.8. The molecule has 0 fully saturated rings. The Balaban J connectivity index is 1.22. The maximum atomic E-state index is 5.36. The highest BCUT2D eigenvalue weighted by molar-refractivity contribution is 6.17. The molecule has 4 nitrogen and oxygen atoms in total. The highest BCUT2D eigenvalue weighted by Crippen LogP contribution is 2.53. The van der Waals surface area contributed by atoms with E-state index in [9.17, 15) is 0 Å². The lowest BCUT2D eigenvalue weighted by molar-refractivity contribution is 0.662. The summed E-state index contributed by atoms with van der Waals surface area (Å²) < 4.78 is 2.29. The van der Waals surface area contributed by atoms with E-state index in [2.05, 4.69) is 176 Å². The monoisotopic (exact) mass is 716 g/mol. The third-order valence-corrected chi connectivity index (χ3v) is 11.6. The number of fused-ring (bicyclic) bond motifs is 7. The third kappa shape index (κ3) is 4.96. The Kier molecular flexibility index (Phi) is 7.17. The second-order valence-corrected chi connectivity index (χ2v) is 15.2. The van der Waals surface area contributed by atoms with Crippen molar-refractivity contribution in [3.8, 4) is 62.1 Å². The maximum Gasteiger partial charge on any atom is 0.238 e. The Labute approximate surface area is 325 Å². The van der Waals surface area contributed by atoms with Crippen LogP contribution in [0.25, 0.3) is 94.7 Å². The van der Waals surface area contributed by atoms with E-state index in [0.717, 1.165) is 49.4 Å². The molecule has 0 atom stereocenters. The van der Waals surface area contributed by atoms with Crippen molar-refractivity contribution in [3.63, 3.8) is 0 Å². The van der Waals surface area contributed by atoms with Gasteiger partial charge < -0.3 is 0 Å². The molecule has 2 aromatic heterocycles. The van der Waals surface area contributed by atoms with Gasteiger partial charge in [-0.25, -0.2) is 4.98 Å². The lowest BCUT2D eigenvalue weighted by Gasteiger charge is -2.25. The van der Waals surface area contributed by atoms with Gasteiger partial charge in [-0.1, -0.05) is 184 Å². The van der Waals surface area contributed by atoms with Crippen LogP contribution in [0.1, 0.15) is 25.0 Å². The van der Waals surface area contributed by atoms with Gasteiger partial charge in [-0.05, 0) is 61.8 Å². The first kappa shape index (κ1) is 32.3. The topological polar surface area (TPSA) is 43.6 Å². The van der Waals surface area contributed by atoms with Gasteiger partial charge in [0.15, 0.2) is 11.6 Å². The fourth-order valence-corrected chi connectivity index (χ4v) is 9.00. The minimum atomic E-state index is -0.192. The van der Waals surface area contributed by atoms with Crippen LogP contribution in [0, 0.1) is 0 Å². The molecule has 264 valence electrons. The number of benzene rings is 8. The van der Waals surface area contributed by atoms with Crippen LogP contribution < -0.4 is 0 Å². The van der Waals surface area contributed by atoms with Crippen LogP contribution in [0.3, 0.4) is 0 Å². The van der Waals surface area contributed by atoms with Crippen LogP contribution in [0.15, 0.2) is 182 Å². The molecule has 0 radical (unpaired) electrons. The van der Waals surface area contributed by atoms with Crippen LogP contribution in [-0.2, 0) is 5.41 Å². The van der Waals surface area contributed by atoms with Crippen molar-refractivity contribution in [3.05, 3.63) is 193 Å². The molecule has 11 rings (SSSR count). The fourth-order valence-electron chi connectivity index (χ4n) is 9.00. The molecule has 0 saturated heterocycles. The van der Waals surface area contributed by atoms with Gasteiger partial charge in [-0.15, -0.1) is 0 Å². The smallest absolute Gasteiger partial charge is 0.238 e. The summed E-state index contributed by atoms with van der Waals surface area (Å²) in [5.74, 6) is 1.83. The Morgan fingerprint density at radius 3 is 1.66 bits per heavy atom. The van der Waals surface area contributed by atoms with Crippen molar-refractivity contribution < 1.29 is 0 Å². The van der Waals surface area contributed by atoms with Crippen molar-refractivity contribution >= 4 is 32.6 Å². The largest absolute Gasteiger partial charge is 0.277 e. The lowest BCUT2D eigenvalue weighted by atomic mass is 9.78. The summed E-state index contributed by atoms with van der Waals surface area (Å²) in [6.07, 6.45) is 0. The van der Waals surface area contributed by atoms with E-state index < -0.39 is 0 Å². The predicted molar refractivity (Wildman–Crippen MR) is 231 cm³/mol. The van der Waals surface area contributed by atoms with Crippen molar-refractivity contribution in [1.29, 1.82) is 0 Å². The van der Waals surface area contributed by atoms with Crippen molar-refractivity contribution in [1.82, 2.24) is 19.5 Å². The highest BCUT2D eigenvalue weighted by Gasteiger charge is 2.38. The molecule has 1 aliphatic carbocycles. The molecule has 4 heteroatoms. The molecule has 0 bridgehead atoms. The average molecular weight is 717 g/mol. The summed E-state index contributed by atoms with van der Waals surface area (Å²) >= 11 is 0. The van der Waals surface area contributed by atoms with E-state index >= 15 is 0 Å². The summed E-state index contributed by atoms with van der Waals surface area (Å²) in [5.41, 5.74) is 13.8. The van der Waals surface area contributed by atoms with Gasteiger partial charge in [0.2, 0.25) is 5.95 Å². The summed E-state index contributed by atoms with van der Waals surface area (Å²) in [7, 11) is 0. The predicted octanol–water partition coefficient (Wildman–Crippen LogP) is 13.1. The SMILES string of the molecule is CC1(C)c2ccccc2-c2cccc(-c3cccc4c5cc6ccccc6cc5n(-c5nc(-c6ccccc6)nc(-c6ccc(-c7ccccc7)cc6)n5)c34)c21. The number of nitrogens with zero attached hydrogens (tertiary/aromatic N) is 4. The zero-order valence-electron chi connectivity index (χ0n) is 31.1. The molecule has 8 aromatic carbocycles. The van der Waals surface area contributed by atoms with E-state index in [1.807, 2.05) is 24.3 Å². The third-order valence-electron chi connectivity index (χ3n) is 11.6. The molecule has 0 N–H and O–H groups in total. The quantitative estimate of drug-likeness (QED) is 0.178. The number of hydrogen-bond donors (Lipinski definition) is 0. The standard InChI is InChI=1S/C52H36N4/c1-52(2)45-26-12-11-21-39(45)40-22-13-23-41(47(40)52)42-24-14-25-43-44-31-37-19-9-10-20-38(37)32-46(44)56(48(42)43)51-54-49(35-17-7-4-8-18-35)53-50(55-51)36-29-27-34(28-30-36)33-15-5-3-6-16-33/h3-32H,1-2H3. The zero-order chi connectivity index (χ0) is 37.4. The van der Waals surface area contributed by atoms with E-state index in [-0.39, 0.29) is 5.41 Å². The van der Waals surface area contributed by atoms with Gasteiger partial charge in [-0.2, -0.15) is 9.97 Å². The summed E-state index contributed by atoms with van der Waals surface area (Å²) in [5, 5.41) is 4.68. The molecule has 10 aromatic rings. The van der Waals surface area contributed by atoms with Gasteiger partial charge in [0.25, 0.3) is 0 Å². The first-order valence-electron chi connectivity index (χ1n) is 19.2. The molecule has 1 aliphatic rings. The van der Waals surface area contributed by atoms with Gasteiger partial charge >= 0.3 is 0 Å². The van der Waals surface area contributed by atoms with Crippen LogP contribution >= 0.6 is 0 Å². The van der Waals surface area contributed by atoms with Crippen LogP contribution in [0.2, 0.25) is 0 Å². The molecule has 56 heavy (non-hydrogen) atoms. The number of para-hydroxylation sites is 1. The van der Waals surface area contributed by atoms with Crippen molar-refractivity contribution in [2.75, 3.05) is 0 Å². The molecule has 0 aliphatic heterocycles. The van der Waals surface area contributed by atoms with Gasteiger partial charge in [-0.3, -0.25) is 4.57 Å². The average Bonchev–Trinajstić information content (AvgIpc) is 3.71. The van der Waals surface area contributed by atoms with Crippen LogP contribution in [-0.4, -0.2) is 19.5 Å². The summed E-state index contributed by atoms with van der Waals surface area (Å²) in [6.45, 7) is 4.72. The molecule has 0 amide bonds. The fraction of sp³-hybridized carbons (Fsp3) is 0.0577. The van der Waals surface area contributed by atoms with Crippen LogP contribution in [0.4, 0.5) is 0 Å². The van der Waals surface area contributed by atoms with Gasteiger partial charge in [0, 0.05) is 32.9 Å². The molecule has 0 unspecified atom stereocenters. The van der Waals surface area contributed by atoms with Gasteiger partial charge in [0.05, 0.1) is 11.0 Å². The highest BCUT2D eigenvalue weighted by atomic mass is 15.2. The first-order chi connectivity index (χ1) is 27.5. The van der Waals surface area contributed by atoms with E-state index in [4.69, 9.17) is 15.0 Å². The van der Waals surface area contributed by atoms with E-state index in [1.54, 1.807) is 0 Å². The minimum Gasteiger partial charge on any atom is -0.277 e. The Bertz CT molecular complexity index is 3140. The number of rotatable bonds is 5. The second-order valence-electron chi connectivity index (χ2n) is 15.2. The van der Waals surface area contributed by atoms with Crippen LogP contribution in [0.5, 0.6) is 0 Å². The van der Waals surface area contributed by atoms with E-state index in [0.29, 0.717) is 17.6 Å². The van der Waals surface area contributed by atoms with Gasteiger partial charge in [0.1, 0.15) is 0 Å². The molecule has 0 spiro atoms. The van der Waals surface area contributed by atoms with Crippen molar-refractivity contribution in [2.45, 2.75) is 19.3 Å². The molecular weight excluding hydrogens is 681 g/mol. The molecule has 2 heterocycles. The van der Waals surface area contributed by atoms with E-state index in [1.165, 1.54) is 38.8 Å².